The van der Waals surface area contributed by atoms with Crippen LogP contribution in [0.4, 0.5) is 0 Å². The van der Waals surface area contributed by atoms with E-state index >= 15 is 0 Å². The summed E-state index contributed by atoms with van der Waals surface area (Å²) in [5.74, 6) is 0.200. The van der Waals surface area contributed by atoms with Crippen LogP contribution in [0, 0.1) is 0 Å². The molecule has 0 unspecified atom stereocenters. The van der Waals surface area contributed by atoms with Crippen LogP contribution < -0.4 is 5.73 Å². The van der Waals surface area contributed by atoms with E-state index in [1.807, 2.05) is 0 Å². The maximum Gasteiger partial charge on any atom is 0.179 e. The van der Waals surface area contributed by atoms with Gasteiger partial charge in [0, 0.05) is 19.1 Å². The smallest absolute Gasteiger partial charge is 0.179 e. The van der Waals surface area contributed by atoms with Gasteiger partial charge in [0.05, 0.1) is 10.6 Å². The van der Waals surface area contributed by atoms with Gasteiger partial charge in [0.2, 0.25) is 0 Å². The first kappa shape index (κ1) is 15.5. The molecule has 0 heterocycles. The second kappa shape index (κ2) is 6.70. The lowest BCUT2D eigenvalue weighted by Gasteiger charge is -2.20. The first-order valence-electron chi connectivity index (χ1n) is 7.32. The molecule has 1 aromatic carbocycles. The minimum Gasteiger partial charge on any atom is -0.326 e. The molecule has 0 aromatic heterocycles. The highest BCUT2D eigenvalue weighted by Gasteiger charge is 2.29. The Morgan fingerprint density at radius 2 is 1.85 bits per heavy atom. The van der Waals surface area contributed by atoms with Gasteiger partial charge in [-0.1, -0.05) is 19.1 Å². The van der Waals surface area contributed by atoms with Crippen LogP contribution >= 0.6 is 0 Å². The molecule has 0 aliphatic heterocycles. The Morgan fingerprint density at radius 3 is 2.35 bits per heavy atom. The lowest BCUT2D eigenvalue weighted by atomic mass is 10.2. The van der Waals surface area contributed by atoms with Crippen molar-refractivity contribution in [3.05, 3.63) is 29.8 Å². The number of hydrogen-bond donors (Lipinski definition) is 1. The van der Waals surface area contributed by atoms with Crippen molar-refractivity contribution in [3.63, 3.8) is 0 Å². The Bertz CT molecular complexity index is 521. The first-order valence-corrected chi connectivity index (χ1v) is 8.98. The molecule has 0 atom stereocenters. The van der Waals surface area contributed by atoms with E-state index in [1.54, 1.807) is 24.3 Å². The van der Waals surface area contributed by atoms with Crippen LogP contribution in [0.5, 0.6) is 0 Å². The molecule has 0 radical (unpaired) electrons. The van der Waals surface area contributed by atoms with Gasteiger partial charge in [-0.15, -0.1) is 0 Å². The second-order valence-corrected chi connectivity index (χ2v) is 7.54. The summed E-state index contributed by atoms with van der Waals surface area (Å²) >= 11 is 0. The van der Waals surface area contributed by atoms with Crippen molar-refractivity contribution in [2.75, 3.05) is 18.8 Å². The van der Waals surface area contributed by atoms with Crippen LogP contribution in [0.25, 0.3) is 0 Å². The number of nitrogens with two attached hydrogens (primary N) is 1. The van der Waals surface area contributed by atoms with Crippen molar-refractivity contribution < 1.29 is 8.42 Å². The van der Waals surface area contributed by atoms with Gasteiger partial charge >= 0.3 is 0 Å². The average molecular weight is 296 g/mol. The molecule has 0 spiro atoms. The Kier molecular flexibility index (Phi) is 5.18. The Labute approximate surface area is 121 Å². The summed E-state index contributed by atoms with van der Waals surface area (Å²) in [6.45, 7) is 4.20. The molecule has 1 aliphatic carbocycles. The van der Waals surface area contributed by atoms with Crippen molar-refractivity contribution in [1.82, 2.24) is 4.90 Å². The molecule has 1 aliphatic rings. The van der Waals surface area contributed by atoms with Gasteiger partial charge in [-0.3, -0.25) is 4.90 Å². The van der Waals surface area contributed by atoms with E-state index in [0.717, 1.165) is 18.5 Å². The van der Waals surface area contributed by atoms with Gasteiger partial charge in [0.25, 0.3) is 0 Å². The van der Waals surface area contributed by atoms with Gasteiger partial charge in [-0.05, 0) is 43.5 Å². The maximum absolute atomic E-state index is 12.3. The lowest BCUT2D eigenvalue weighted by molar-refractivity contribution is 0.279. The summed E-state index contributed by atoms with van der Waals surface area (Å²) in [5.41, 5.74) is 6.48. The third-order valence-electron chi connectivity index (χ3n) is 3.74. The molecular weight excluding hydrogens is 272 g/mol. The zero-order chi connectivity index (χ0) is 14.6. The molecule has 1 aromatic rings. The maximum atomic E-state index is 12.3. The van der Waals surface area contributed by atoms with E-state index in [1.165, 1.54) is 12.8 Å². The predicted molar refractivity (Wildman–Crippen MR) is 81.3 cm³/mol. The van der Waals surface area contributed by atoms with Crippen molar-refractivity contribution in [3.8, 4) is 0 Å². The molecule has 0 bridgehead atoms. The molecule has 4 nitrogen and oxygen atoms in total. The minimum atomic E-state index is -3.19. The van der Waals surface area contributed by atoms with Gasteiger partial charge < -0.3 is 5.73 Å². The van der Waals surface area contributed by atoms with Crippen LogP contribution in [0.15, 0.2) is 29.2 Å². The van der Waals surface area contributed by atoms with Crippen LogP contribution in [-0.4, -0.2) is 38.2 Å². The van der Waals surface area contributed by atoms with Gasteiger partial charge in [-0.25, -0.2) is 8.42 Å². The van der Waals surface area contributed by atoms with Gasteiger partial charge in [-0.2, -0.15) is 0 Å². The van der Waals surface area contributed by atoms with E-state index in [4.69, 9.17) is 5.73 Å². The normalized spacial score (nSPS) is 15.8. The van der Waals surface area contributed by atoms with Crippen LogP contribution in [0.3, 0.4) is 0 Å². The van der Waals surface area contributed by atoms with E-state index < -0.39 is 9.84 Å². The van der Waals surface area contributed by atoms with Gasteiger partial charge in [0.1, 0.15) is 0 Å². The molecule has 1 saturated carbocycles. The number of benzene rings is 1. The SMILES string of the molecule is CCCN(CCS(=O)(=O)c1ccc(CN)cc1)C1CC1. The predicted octanol–water partition coefficient (Wildman–Crippen LogP) is 1.79. The summed E-state index contributed by atoms with van der Waals surface area (Å²) in [6, 6.07) is 7.53. The van der Waals surface area contributed by atoms with Gasteiger partial charge in [0.15, 0.2) is 9.84 Å². The monoisotopic (exact) mass is 296 g/mol. The zero-order valence-corrected chi connectivity index (χ0v) is 12.9. The lowest BCUT2D eigenvalue weighted by Crippen LogP contribution is -2.32. The molecule has 5 heteroatoms. The van der Waals surface area contributed by atoms with Crippen LogP contribution in [0.2, 0.25) is 0 Å². The summed E-state index contributed by atoms with van der Waals surface area (Å²) in [7, 11) is -3.19. The summed E-state index contributed by atoms with van der Waals surface area (Å²) in [6.07, 6.45) is 3.50. The first-order chi connectivity index (χ1) is 9.56. The molecule has 1 fully saturated rings. The fraction of sp³-hybridized carbons (Fsp3) is 0.600. The molecular formula is C15H24N2O2S. The Hall–Kier alpha value is -0.910. The van der Waals surface area contributed by atoms with Crippen LogP contribution in [-0.2, 0) is 16.4 Å². The topological polar surface area (TPSA) is 63.4 Å². The van der Waals surface area contributed by atoms with E-state index in [0.29, 0.717) is 24.0 Å². The van der Waals surface area contributed by atoms with Crippen molar-refractivity contribution in [2.24, 2.45) is 5.73 Å². The number of nitrogens with zero attached hydrogens (tertiary/aromatic N) is 1. The van der Waals surface area contributed by atoms with Crippen molar-refractivity contribution in [1.29, 1.82) is 0 Å². The third-order valence-corrected chi connectivity index (χ3v) is 5.45. The summed E-state index contributed by atoms with van der Waals surface area (Å²) in [5, 5.41) is 0. The molecule has 2 rings (SSSR count). The fourth-order valence-electron chi connectivity index (χ4n) is 2.39. The zero-order valence-electron chi connectivity index (χ0n) is 12.1. The van der Waals surface area contributed by atoms with Crippen molar-refractivity contribution >= 4 is 9.84 Å². The summed E-state index contributed by atoms with van der Waals surface area (Å²) < 4.78 is 24.7. The molecule has 112 valence electrons. The molecule has 20 heavy (non-hydrogen) atoms. The Morgan fingerprint density at radius 1 is 1.20 bits per heavy atom. The number of rotatable bonds is 8. The number of sulfone groups is 1. The quantitative estimate of drug-likeness (QED) is 0.794. The van der Waals surface area contributed by atoms with E-state index in [9.17, 15) is 8.42 Å². The number of hydrogen-bond acceptors (Lipinski definition) is 4. The highest BCUT2D eigenvalue weighted by molar-refractivity contribution is 7.91. The third kappa shape index (κ3) is 4.04. The largest absolute Gasteiger partial charge is 0.326 e. The fourth-order valence-corrected chi connectivity index (χ4v) is 3.65. The minimum absolute atomic E-state index is 0.200. The highest BCUT2D eigenvalue weighted by Crippen LogP contribution is 2.27. The standard InChI is InChI=1S/C15H24N2O2S/c1-2-9-17(14-5-6-14)10-11-20(18,19)15-7-3-13(12-16)4-8-15/h3-4,7-8,14H,2,5-6,9-12,16H2,1H3. The summed E-state index contributed by atoms with van der Waals surface area (Å²) in [4.78, 5) is 2.72. The van der Waals surface area contributed by atoms with Crippen LogP contribution in [0.1, 0.15) is 31.7 Å². The molecule has 2 N–H and O–H groups in total. The van der Waals surface area contributed by atoms with Crippen molar-refractivity contribution in [2.45, 2.75) is 43.7 Å². The van der Waals surface area contributed by atoms with E-state index in [-0.39, 0.29) is 5.75 Å². The average Bonchev–Trinajstić information content (AvgIpc) is 3.28. The second-order valence-electron chi connectivity index (χ2n) is 5.43. The molecule has 0 amide bonds. The van der Waals surface area contributed by atoms with E-state index in [2.05, 4.69) is 11.8 Å². The Balaban J connectivity index is 1.98. The molecule has 0 saturated heterocycles. The highest BCUT2D eigenvalue weighted by atomic mass is 32.2.